The highest BCUT2D eigenvalue weighted by Gasteiger charge is 2.41. The molecule has 11 heteroatoms. The summed E-state index contributed by atoms with van der Waals surface area (Å²) in [4.78, 5) is 16.9. The molecule has 1 aliphatic rings. The number of hydrogen-bond acceptors (Lipinski definition) is 9. The molecule has 0 amide bonds. The third-order valence-corrected chi connectivity index (χ3v) is 6.27. The van der Waals surface area contributed by atoms with Crippen LogP contribution in [0.1, 0.15) is 6.42 Å². The maximum absolute atomic E-state index is 10.6. The first kappa shape index (κ1) is 25.5. The molecule has 1 aliphatic carbocycles. The molecule has 0 radical (unpaired) electrons. The molecule has 10 nitrogen and oxygen atoms in total. The van der Waals surface area contributed by atoms with Gasteiger partial charge in [-0.15, -0.1) is 0 Å². The molecular weight excluding hydrogens is 484 g/mol. The van der Waals surface area contributed by atoms with Crippen molar-refractivity contribution in [3.63, 3.8) is 0 Å². The third kappa shape index (κ3) is 5.17. The van der Waals surface area contributed by atoms with E-state index in [4.69, 9.17) is 9.72 Å². The lowest BCUT2D eigenvalue weighted by atomic mass is 10.1. The van der Waals surface area contributed by atoms with Crippen molar-refractivity contribution in [2.75, 3.05) is 24.4 Å². The number of aromatic nitrogens is 4. The number of methoxy groups -OCH3 is 1. The van der Waals surface area contributed by atoms with Crippen LogP contribution in [0.5, 0.6) is 5.88 Å². The van der Waals surface area contributed by atoms with Crippen LogP contribution in [0.25, 0.3) is 22.2 Å². The van der Waals surface area contributed by atoms with Crippen LogP contribution in [-0.4, -0.2) is 62.2 Å². The van der Waals surface area contributed by atoms with Gasteiger partial charge in [0.25, 0.3) is 0 Å². The summed E-state index contributed by atoms with van der Waals surface area (Å²) in [7, 11) is 1.57. The minimum Gasteiger partial charge on any atom is -1.00 e. The summed E-state index contributed by atoms with van der Waals surface area (Å²) in [6.07, 6.45) is 1.72. The molecule has 3 heterocycles. The van der Waals surface area contributed by atoms with Gasteiger partial charge in [-0.2, -0.15) is 9.97 Å². The zero-order chi connectivity index (χ0) is 24.4. The van der Waals surface area contributed by atoms with Crippen molar-refractivity contribution in [1.82, 2.24) is 15.0 Å². The number of benzene rings is 1. The number of nitrogens with one attached hydrogen (secondary N) is 3. The monoisotopic (exact) mass is 510 g/mol. The Hall–Kier alpha value is -3.57. The van der Waals surface area contributed by atoms with E-state index >= 15 is 0 Å². The third-order valence-electron chi connectivity index (χ3n) is 6.27. The number of fused-ring (bicyclic) bond motifs is 1. The number of H-pyrrole nitrogens is 1. The molecule has 0 spiro atoms. The Balaban J connectivity index is 0.00000304. The lowest BCUT2D eigenvalue weighted by Crippen LogP contribution is -3.00. The van der Waals surface area contributed by atoms with Gasteiger partial charge in [-0.25, -0.2) is 9.97 Å². The Morgan fingerprint density at radius 1 is 1.08 bits per heavy atom. The van der Waals surface area contributed by atoms with Gasteiger partial charge < -0.3 is 43.1 Å². The predicted molar refractivity (Wildman–Crippen MR) is 130 cm³/mol. The minimum atomic E-state index is -1.05. The number of anilines is 3. The maximum Gasteiger partial charge on any atom is 0.367 e. The molecule has 0 aliphatic heterocycles. The fourth-order valence-electron chi connectivity index (χ4n) is 4.35. The van der Waals surface area contributed by atoms with E-state index in [1.54, 1.807) is 25.6 Å². The second-order valence-corrected chi connectivity index (χ2v) is 8.53. The Morgan fingerprint density at radius 3 is 2.69 bits per heavy atom. The second-order valence-electron chi connectivity index (χ2n) is 8.53. The molecule has 0 saturated heterocycles. The minimum absolute atomic E-state index is 0. The van der Waals surface area contributed by atoms with E-state index in [1.165, 1.54) is 0 Å². The zero-order valence-corrected chi connectivity index (χ0v) is 20.2. The zero-order valence-electron chi connectivity index (χ0n) is 19.5. The largest absolute Gasteiger partial charge is 1.00 e. The number of rotatable bonds is 7. The van der Waals surface area contributed by atoms with Crippen molar-refractivity contribution >= 4 is 28.4 Å². The number of aliphatic hydroxyl groups is 3. The van der Waals surface area contributed by atoms with E-state index in [1.807, 2.05) is 42.5 Å². The molecule has 36 heavy (non-hydrogen) atoms. The van der Waals surface area contributed by atoms with Crippen LogP contribution in [0.15, 0.2) is 60.9 Å². The number of ether oxygens (including phenoxy) is 1. The van der Waals surface area contributed by atoms with Gasteiger partial charge in [0.2, 0.25) is 5.95 Å². The summed E-state index contributed by atoms with van der Waals surface area (Å²) >= 11 is 0. The Morgan fingerprint density at radius 2 is 1.92 bits per heavy atom. The van der Waals surface area contributed by atoms with Gasteiger partial charge in [-0.1, -0.05) is 24.3 Å². The average Bonchev–Trinajstić information content (AvgIpc) is 3.16. The molecule has 0 bridgehead atoms. The highest BCUT2D eigenvalue weighted by atomic mass is 35.5. The van der Waals surface area contributed by atoms with Gasteiger partial charge in [0.15, 0.2) is 6.20 Å². The highest BCUT2D eigenvalue weighted by molar-refractivity contribution is 5.83. The van der Waals surface area contributed by atoms with E-state index in [0.29, 0.717) is 35.3 Å². The van der Waals surface area contributed by atoms with Crippen molar-refractivity contribution in [3.05, 3.63) is 60.9 Å². The first-order valence-electron chi connectivity index (χ1n) is 11.3. The highest BCUT2D eigenvalue weighted by Crippen LogP contribution is 2.33. The maximum atomic E-state index is 10.6. The molecule has 3 aromatic heterocycles. The molecule has 6 N–H and O–H groups in total. The Labute approximate surface area is 213 Å². The quantitative estimate of drug-likeness (QED) is 0.206. The lowest BCUT2D eigenvalue weighted by molar-refractivity contribution is -0.392. The van der Waals surface area contributed by atoms with Crippen molar-refractivity contribution < 1.29 is 37.4 Å². The van der Waals surface area contributed by atoms with Crippen LogP contribution < -0.4 is 32.8 Å². The topological polar surface area (TPSA) is 147 Å². The molecule has 4 aromatic rings. The van der Waals surface area contributed by atoms with Crippen LogP contribution in [0.4, 0.5) is 17.5 Å². The molecule has 1 aromatic carbocycles. The summed E-state index contributed by atoms with van der Waals surface area (Å²) < 4.78 is 5.23. The molecule has 4 atom stereocenters. The van der Waals surface area contributed by atoms with Gasteiger partial charge in [0.05, 0.1) is 47.8 Å². The number of para-hydroxylation sites is 1. The summed E-state index contributed by atoms with van der Waals surface area (Å²) in [5.74, 6) is 0.937. The normalized spacial score (nSPS) is 21.1. The fourth-order valence-corrected chi connectivity index (χ4v) is 4.35. The fraction of sp³-hybridized carbons (Fsp3) is 0.280. The number of halogens is 1. The van der Waals surface area contributed by atoms with Gasteiger partial charge in [-0.05, 0) is 18.6 Å². The second kappa shape index (κ2) is 11.0. The Kier molecular flexibility index (Phi) is 7.80. The summed E-state index contributed by atoms with van der Waals surface area (Å²) in [6.45, 7) is -0.209. The SMILES string of the molecule is COc1cc(Nc2ncc(-c3ccc4ccccc4n3)c(N[C@@H]3C[C@H](CO)[C@@H](O)[C@H]3O)n2)cc[nH+]1.[Cl-]. The number of nitrogens with zero attached hydrogens (tertiary/aromatic N) is 3. The van der Waals surface area contributed by atoms with Gasteiger partial charge in [0.1, 0.15) is 11.9 Å². The van der Waals surface area contributed by atoms with Crippen LogP contribution in [0.3, 0.4) is 0 Å². The van der Waals surface area contributed by atoms with Crippen molar-refractivity contribution in [2.24, 2.45) is 5.92 Å². The molecule has 1 saturated carbocycles. The molecule has 0 unspecified atom stereocenters. The smallest absolute Gasteiger partial charge is 0.367 e. The first-order chi connectivity index (χ1) is 17.1. The van der Waals surface area contributed by atoms with Crippen LogP contribution >= 0.6 is 0 Å². The van der Waals surface area contributed by atoms with Crippen LogP contribution in [0.2, 0.25) is 0 Å². The molecule has 188 valence electrons. The standard InChI is InChI=1S/C25H26N6O4.ClH/c1-35-21-11-16(8-9-26-21)28-25-27-12-17(19-7-6-14-4-2-3-5-18(14)29-19)24(31-25)30-20-10-15(13-32)22(33)23(20)34;/h2-9,11-12,15,20,22-23,32-34H,10,13H2,1H3,(H2,26,27,28,30,31);1H/t15-,20-,22-,23+;/m1./s1. The molecular formula is C25H27ClN6O4. The lowest BCUT2D eigenvalue weighted by Gasteiger charge is -2.20. The van der Waals surface area contributed by atoms with Crippen LogP contribution in [-0.2, 0) is 0 Å². The summed E-state index contributed by atoms with van der Waals surface area (Å²) in [6, 6.07) is 14.8. The van der Waals surface area contributed by atoms with E-state index in [2.05, 4.69) is 25.6 Å². The average molecular weight is 511 g/mol. The van der Waals surface area contributed by atoms with Crippen molar-refractivity contribution in [3.8, 4) is 17.1 Å². The van der Waals surface area contributed by atoms with E-state index in [0.717, 1.165) is 16.6 Å². The summed E-state index contributed by atoms with van der Waals surface area (Å²) in [5, 5.41) is 37.9. The number of pyridine rings is 2. The van der Waals surface area contributed by atoms with Crippen LogP contribution in [0, 0.1) is 5.92 Å². The molecule has 1 fully saturated rings. The van der Waals surface area contributed by atoms with E-state index in [9.17, 15) is 15.3 Å². The predicted octanol–water partition coefficient (Wildman–Crippen LogP) is -1.22. The number of hydrogen-bond donors (Lipinski definition) is 5. The number of aliphatic hydroxyl groups excluding tert-OH is 3. The molecule has 5 rings (SSSR count). The van der Waals surface area contributed by atoms with E-state index in [-0.39, 0.29) is 19.0 Å². The van der Waals surface area contributed by atoms with Crippen molar-refractivity contribution in [1.29, 1.82) is 0 Å². The van der Waals surface area contributed by atoms with Gasteiger partial charge in [0, 0.05) is 30.2 Å². The van der Waals surface area contributed by atoms with Gasteiger partial charge in [-0.3, -0.25) is 0 Å². The van der Waals surface area contributed by atoms with E-state index < -0.39 is 24.2 Å². The summed E-state index contributed by atoms with van der Waals surface area (Å²) in [5.41, 5.74) is 2.87. The number of aromatic amines is 1. The van der Waals surface area contributed by atoms with Crippen molar-refractivity contribution in [2.45, 2.75) is 24.7 Å². The van der Waals surface area contributed by atoms with Gasteiger partial charge >= 0.3 is 5.88 Å². The first-order valence-corrected chi connectivity index (χ1v) is 11.3. The Bertz CT molecular complexity index is 1340.